The van der Waals surface area contributed by atoms with Crippen LogP contribution in [0.4, 0.5) is 0 Å². The minimum Gasteiger partial charge on any atom is -0.467 e. The molecule has 6 nitrogen and oxygen atoms in total. The van der Waals surface area contributed by atoms with E-state index < -0.39 is 0 Å². The highest BCUT2D eigenvalue weighted by Gasteiger charge is 2.30. The molecule has 1 fully saturated rings. The van der Waals surface area contributed by atoms with E-state index in [0.29, 0.717) is 18.2 Å². The maximum Gasteiger partial charge on any atom is 0.230 e. The average molecular weight is 334 g/mol. The summed E-state index contributed by atoms with van der Waals surface area (Å²) in [4.78, 5) is 11.9. The first-order valence-corrected chi connectivity index (χ1v) is 9.11. The first-order chi connectivity index (χ1) is 11.3. The second-order valence-electron chi connectivity index (χ2n) is 5.77. The number of nitrogens with one attached hydrogen (secondary N) is 1. The molecule has 0 bridgehead atoms. The smallest absolute Gasteiger partial charge is 0.230 e. The Morgan fingerprint density at radius 1 is 1.48 bits per heavy atom. The number of carbonyl (C=O) groups is 1. The van der Waals surface area contributed by atoms with Crippen LogP contribution >= 0.6 is 11.8 Å². The van der Waals surface area contributed by atoms with Gasteiger partial charge in [-0.2, -0.15) is 0 Å². The van der Waals surface area contributed by atoms with Gasteiger partial charge in [-0.05, 0) is 31.4 Å². The number of nitrogens with zero attached hydrogens (tertiary/aromatic N) is 3. The molecule has 0 aliphatic heterocycles. The maximum absolute atomic E-state index is 11.9. The summed E-state index contributed by atoms with van der Waals surface area (Å²) in [5.41, 5.74) is 0. The van der Waals surface area contributed by atoms with Crippen molar-refractivity contribution in [3.8, 4) is 0 Å². The lowest BCUT2D eigenvalue weighted by Gasteiger charge is -2.08. The van der Waals surface area contributed by atoms with Crippen molar-refractivity contribution in [2.24, 2.45) is 0 Å². The summed E-state index contributed by atoms with van der Waals surface area (Å²) in [6.45, 7) is 3.46. The number of hydrogen-bond acceptors (Lipinski definition) is 5. The van der Waals surface area contributed by atoms with Gasteiger partial charge in [-0.15, -0.1) is 10.2 Å². The molecule has 0 spiro atoms. The van der Waals surface area contributed by atoms with E-state index in [2.05, 4.69) is 27.0 Å². The summed E-state index contributed by atoms with van der Waals surface area (Å²) >= 11 is 1.44. The Morgan fingerprint density at radius 2 is 2.35 bits per heavy atom. The summed E-state index contributed by atoms with van der Waals surface area (Å²) < 4.78 is 7.53. The van der Waals surface area contributed by atoms with Crippen molar-refractivity contribution in [2.75, 3.05) is 12.3 Å². The van der Waals surface area contributed by atoms with Crippen molar-refractivity contribution >= 4 is 17.7 Å². The SMILES string of the molecule is CCCCNC(=O)CSc1nnc(C2CC2)n1Cc1ccco1. The molecule has 0 atom stereocenters. The van der Waals surface area contributed by atoms with Crippen LogP contribution in [0.25, 0.3) is 0 Å². The van der Waals surface area contributed by atoms with Gasteiger partial charge >= 0.3 is 0 Å². The van der Waals surface area contributed by atoms with E-state index in [-0.39, 0.29) is 5.91 Å². The Kier molecular flexibility index (Phi) is 5.38. The number of thioether (sulfide) groups is 1. The molecule has 0 saturated heterocycles. The quantitative estimate of drug-likeness (QED) is 0.564. The minimum absolute atomic E-state index is 0.0453. The van der Waals surface area contributed by atoms with Gasteiger partial charge in [0, 0.05) is 12.5 Å². The van der Waals surface area contributed by atoms with E-state index in [1.165, 1.54) is 24.6 Å². The molecule has 1 amide bonds. The second kappa shape index (κ2) is 7.68. The van der Waals surface area contributed by atoms with Crippen LogP contribution in [0.3, 0.4) is 0 Å². The number of carbonyl (C=O) groups excluding carboxylic acids is 1. The zero-order valence-corrected chi connectivity index (χ0v) is 14.1. The number of unbranched alkanes of at least 4 members (excludes halogenated alkanes) is 1. The third kappa shape index (κ3) is 4.37. The number of aromatic nitrogens is 3. The lowest BCUT2D eigenvalue weighted by Crippen LogP contribution is -2.26. The fourth-order valence-corrected chi connectivity index (χ4v) is 3.12. The molecule has 2 heterocycles. The predicted octanol–water partition coefficient (Wildman–Crippen LogP) is 2.81. The molecule has 2 aromatic heterocycles. The van der Waals surface area contributed by atoms with Crippen LogP contribution in [0.15, 0.2) is 28.0 Å². The van der Waals surface area contributed by atoms with Crippen molar-refractivity contribution in [3.63, 3.8) is 0 Å². The Hall–Kier alpha value is -1.76. The molecule has 1 N–H and O–H groups in total. The van der Waals surface area contributed by atoms with Crippen LogP contribution in [0.5, 0.6) is 0 Å². The molecule has 1 aliphatic carbocycles. The van der Waals surface area contributed by atoms with E-state index in [4.69, 9.17) is 4.42 Å². The van der Waals surface area contributed by atoms with Crippen LogP contribution in [0, 0.1) is 0 Å². The van der Waals surface area contributed by atoms with Gasteiger partial charge in [0.1, 0.15) is 11.6 Å². The molecule has 0 radical (unpaired) electrons. The number of amides is 1. The lowest BCUT2D eigenvalue weighted by molar-refractivity contribution is -0.118. The van der Waals surface area contributed by atoms with E-state index in [0.717, 1.165) is 36.1 Å². The molecule has 3 rings (SSSR count). The summed E-state index contributed by atoms with van der Waals surface area (Å²) in [6.07, 6.45) is 6.09. The summed E-state index contributed by atoms with van der Waals surface area (Å²) in [5.74, 6) is 2.80. The van der Waals surface area contributed by atoms with Gasteiger partial charge in [0.25, 0.3) is 0 Å². The van der Waals surface area contributed by atoms with Crippen molar-refractivity contribution in [2.45, 2.75) is 50.2 Å². The van der Waals surface area contributed by atoms with Crippen LogP contribution in [0.1, 0.15) is 50.1 Å². The third-order valence-electron chi connectivity index (χ3n) is 3.77. The van der Waals surface area contributed by atoms with Crippen LogP contribution in [-0.2, 0) is 11.3 Å². The molecular weight excluding hydrogens is 312 g/mol. The second-order valence-corrected chi connectivity index (χ2v) is 6.72. The largest absolute Gasteiger partial charge is 0.467 e. The van der Waals surface area contributed by atoms with Gasteiger partial charge in [-0.1, -0.05) is 25.1 Å². The number of hydrogen-bond donors (Lipinski definition) is 1. The van der Waals surface area contributed by atoms with Crippen LogP contribution in [-0.4, -0.2) is 33.0 Å². The first kappa shape index (κ1) is 16.1. The van der Waals surface area contributed by atoms with E-state index in [1.54, 1.807) is 6.26 Å². The highest BCUT2D eigenvalue weighted by Crippen LogP contribution is 2.40. The fraction of sp³-hybridized carbons (Fsp3) is 0.562. The molecule has 1 aliphatic rings. The topological polar surface area (TPSA) is 73.0 Å². The van der Waals surface area contributed by atoms with Crippen molar-refractivity contribution in [1.82, 2.24) is 20.1 Å². The first-order valence-electron chi connectivity index (χ1n) is 8.13. The van der Waals surface area contributed by atoms with Crippen molar-refractivity contribution in [3.05, 3.63) is 30.0 Å². The van der Waals surface area contributed by atoms with Gasteiger partial charge in [-0.3, -0.25) is 9.36 Å². The molecule has 2 aromatic rings. The summed E-state index contributed by atoms with van der Waals surface area (Å²) in [7, 11) is 0. The Labute approximate surface area is 140 Å². The Balaban J connectivity index is 1.63. The zero-order valence-electron chi connectivity index (χ0n) is 13.3. The van der Waals surface area contributed by atoms with Gasteiger partial charge in [0.15, 0.2) is 5.16 Å². The maximum atomic E-state index is 11.9. The van der Waals surface area contributed by atoms with Crippen LogP contribution in [0.2, 0.25) is 0 Å². The fourth-order valence-electron chi connectivity index (χ4n) is 2.34. The molecule has 124 valence electrons. The predicted molar refractivity (Wildman–Crippen MR) is 88.4 cm³/mol. The highest BCUT2D eigenvalue weighted by molar-refractivity contribution is 7.99. The van der Waals surface area contributed by atoms with E-state index in [9.17, 15) is 4.79 Å². The average Bonchev–Trinajstić information content (AvgIpc) is 3.11. The van der Waals surface area contributed by atoms with Gasteiger partial charge in [-0.25, -0.2) is 0 Å². The molecule has 0 aromatic carbocycles. The third-order valence-corrected chi connectivity index (χ3v) is 4.73. The minimum atomic E-state index is 0.0453. The molecule has 7 heteroatoms. The Morgan fingerprint density at radius 3 is 3.04 bits per heavy atom. The lowest BCUT2D eigenvalue weighted by atomic mass is 10.3. The zero-order chi connectivity index (χ0) is 16.1. The van der Waals surface area contributed by atoms with E-state index in [1.807, 2.05) is 12.1 Å². The molecule has 1 saturated carbocycles. The number of furan rings is 1. The van der Waals surface area contributed by atoms with Crippen molar-refractivity contribution < 1.29 is 9.21 Å². The molecular formula is C16H22N4O2S. The Bertz CT molecular complexity index is 635. The summed E-state index contributed by atoms with van der Waals surface area (Å²) in [5, 5.41) is 12.3. The normalized spacial score (nSPS) is 14.1. The van der Waals surface area contributed by atoms with Gasteiger partial charge < -0.3 is 9.73 Å². The van der Waals surface area contributed by atoms with Crippen LogP contribution < -0.4 is 5.32 Å². The number of rotatable bonds is 9. The standard InChI is InChI=1S/C16H22N4O2S/c1-2-3-8-17-14(21)11-23-16-19-18-15(12-6-7-12)20(16)10-13-5-4-9-22-13/h4-5,9,12H,2-3,6-8,10-11H2,1H3,(H,17,21). The monoisotopic (exact) mass is 334 g/mol. The van der Waals surface area contributed by atoms with E-state index >= 15 is 0 Å². The van der Waals surface area contributed by atoms with Gasteiger partial charge in [0.2, 0.25) is 5.91 Å². The van der Waals surface area contributed by atoms with Crippen molar-refractivity contribution in [1.29, 1.82) is 0 Å². The highest BCUT2D eigenvalue weighted by atomic mass is 32.2. The van der Waals surface area contributed by atoms with Gasteiger partial charge in [0.05, 0.1) is 18.6 Å². The molecule has 0 unspecified atom stereocenters. The molecule has 23 heavy (non-hydrogen) atoms. The summed E-state index contributed by atoms with van der Waals surface area (Å²) in [6, 6.07) is 3.83.